The van der Waals surface area contributed by atoms with Crippen molar-refractivity contribution in [2.24, 2.45) is 0 Å². The largest absolute Gasteiger partial charge is 0.477 e. The van der Waals surface area contributed by atoms with Gasteiger partial charge in [-0.15, -0.1) is 0 Å². The number of allylic oxidation sites excluding steroid dienone is 18. The number of nitrogens with zero attached hydrogens (tertiary/aromatic N) is 1. The van der Waals surface area contributed by atoms with Crippen LogP contribution in [0.2, 0.25) is 0 Å². The van der Waals surface area contributed by atoms with Crippen LogP contribution in [-0.4, -0.2) is 80.6 Å². The lowest BCUT2D eigenvalue weighted by Gasteiger charge is -2.31. The summed E-state index contributed by atoms with van der Waals surface area (Å²) in [6, 6.07) is -0.631. The van der Waals surface area contributed by atoms with E-state index in [0.717, 1.165) is 109 Å². The van der Waals surface area contributed by atoms with E-state index in [4.69, 9.17) is 14.2 Å². The summed E-state index contributed by atoms with van der Waals surface area (Å²) in [5.74, 6) is -1.54. The first-order valence-corrected chi connectivity index (χ1v) is 23.9. The molecule has 0 aliphatic carbocycles. The van der Waals surface area contributed by atoms with Crippen molar-refractivity contribution in [1.29, 1.82) is 0 Å². The van der Waals surface area contributed by atoms with Crippen LogP contribution < -0.4 is 0 Å². The molecule has 0 rings (SSSR count). The molecule has 1 N–H and O–H groups in total. The third kappa shape index (κ3) is 41.3. The van der Waals surface area contributed by atoms with Crippen molar-refractivity contribution in [3.63, 3.8) is 0 Å². The maximum atomic E-state index is 12.8. The highest BCUT2D eigenvalue weighted by molar-refractivity contribution is 5.72. The van der Waals surface area contributed by atoms with Crippen LogP contribution in [0, 0.1) is 0 Å². The van der Waals surface area contributed by atoms with Gasteiger partial charge in [0.25, 0.3) is 0 Å². The SMILES string of the molecule is CC/C=C\C/C=C\C/C=C\C/C=C\C/C=C\CCCCCC(=O)OC(COCCC(C(=O)O)[N+](C)(C)C)COC(=O)CCCCCCCC/C=C\C/C=C\C/C=C\C/C=C\CC. The van der Waals surface area contributed by atoms with Crippen LogP contribution >= 0.6 is 0 Å². The Morgan fingerprint density at radius 2 is 0.855 bits per heavy atom. The first kappa shape index (κ1) is 58.0. The molecule has 0 fully saturated rings. The van der Waals surface area contributed by atoms with Gasteiger partial charge in [0, 0.05) is 19.3 Å². The lowest BCUT2D eigenvalue weighted by atomic mass is 10.1. The van der Waals surface area contributed by atoms with Gasteiger partial charge in [-0.25, -0.2) is 4.79 Å². The Balaban J connectivity index is 4.41. The number of unbranched alkanes of at least 4 members (excludes halogenated alkanes) is 9. The molecule has 0 aromatic heterocycles. The summed E-state index contributed by atoms with van der Waals surface area (Å²) < 4.78 is 17.3. The van der Waals surface area contributed by atoms with Crippen molar-refractivity contribution < 1.29 is 38.2 Å². The zero-order chi connectivity index (χ0) is 45.6. The molecule has 0 saturated heterocycles. The molecular weight excluding hydrogens is 775 g/mol. The molecule has 0 amide bonds. The summed E-state index contributed by atoms with van der Waals surface area (Å²) in [5, 5.41) is 9.64. The highest BCUT2D eigenvalue weighted by atomic mass is 16.6. The summed E-state index contributed by atoms with van der Waals surface area (Å²) in [6.45, 7) is 4.44. The average Bonchev–Trinajstić information content (AvgIpc) is 3.23. The van der Waals surface area contributed by atoms with Gasteiger partial charge in [0.2, 0.25) is 0 Å². The van der Waals surface area contributed by atoms with Crippen LogP contribution in [0.25, 0.3) is 0 Å². The summed E-state index contributed by atoms with van der Waals surface area (Å²) in [6.07, 6.45) is 59.9. The minimum Gasteiger partial charge on any atom is -0.477 e. The molecular formula is C54H88NO7+. The molecule has 0 aromatic carbocycles. The van der Waals surface area contributed by atoms with E-state index in [-0.39, 0.29) is 42.7 Å². The van der Waals surface area contributed by atoms with E-state index in [2.05, 4.69) is 123 Å². The predicted molar refractivity (Wildman–Crippen MR) is 261 cm³/mol. The van der Waals surface area contributed by atoms with Crippen LogP contribution in [0.3, 0.4) is 0 Å². The number of carbonyl (C=O) groups is 3. The maximum Gasteiger partial charge on any atom is 0.362 e. The van der Waals surface area contributed by atoms with Crippen molar-refractivity contribution in [3.05, 3.63) is 109 Å². The zero-order valence-electron chi connectivity index (χ0n) is 39.8. The minimum atomic E-state index is -0.888. The van der Waals surface area contributed by atoms with Crippen LogP contribution in [0.1, 0.15) is 162 Å². The van der Waals surface area contributed by atoms with E-state index >= 15 is 0 Å². The Labute approximate surface area is 378 Å². The van der Waals surface area contributed by atoms with Crippen molar-refractivity contribution in [3.8, 4) is 0 Å². The molecule has 0 radical (unpaired) electrons. The lowest BCUT2D eigenvalue weighted by molar-refractivity contribution is -0.887. The first-order chi connectivity index (χ1) is 30.1. The highest BCUT2D eigenvalue weighted by Gasteiger charge is 2.31. The van der Waals surface area contributed by atoms with Gasteiger partial charge in [-0.3, -0.25) is 9.59 Å². The standard InChI is InChI=1S/C54H87NO7/c1-6-8-10-12-14-16-18-20-22-24-26-28-30-32-34-36-38-40-42-44-52(56)61-49-50(48-60-47-46-51(54(58)59)55(3,4)5)62-53(57)45-43-41-39-37-35-33-31-29-27-25-23-21-19-17-15-13-11-9-7-2/h8-11,14-17,20-23,26-29,33,35,50-51H,6-7,12-13,18-19,24-25,30-32,34,36-49H2,1-5H3/p+1/b10-8-,11-9-,16-14-,17-15-,22-20-,23-21-,28-26-,29-27-,35-33-. The molecule has 2 atom stereocenters. The summed E-state index contributed by atoms with van der Waals surface area (Å²) in [4.78, 5) is 37.1. The lowest BCUT2D eigenvalue weighted by Crippen LogP contribution is -2.50. The second-order valence-electron chi connectivity index (χ2n) is 16.6. The number of ether oxygens (including phenoxy) is 3. The second-order valence-corrected chi connectivity index (χ2v) is 16.6. The molecule has 0 bridgehead atoms. The van der Waals surface area contributed by atoms with E-state index in [1.165, 1.54) is 12.8 Å². The van der Waals surface area contributed by atoms with Gasteiger partial charge in [0.15, 0.2) is 12.1 Å². The van der Waals surface area contributed by atoms with Crippen molar-refractivity contribution in [2.75, 3.05) is 41.0 Å². The topological polar surface area (TPSA) is 99.1 Å². The molecule has 0 aliphatic heterocycles. The molecule has 0 heterocycles. The molecule has 2 unspecified atom stereocenters. The van der Waals surface area contributed by atoms with Gasteiger partial charge in [-0.05, 0) is 96.3 Å². The number of rotatable bonds is 41. The molecule has 0 aliphatic rings. The molecule has 8 heteroatoms. The van der Waals surface area contributed by atoms with E-state index < -0.39 is 18.1 Å². The number of esters is 2. The number of carbonyl (C=O) groups excluding carboxylic acids is 2. The minimum absolute atomic E-state index is 0.0352. The number of hydrogen-bond donors (Lipinski definition) is 1. The summed E-state index contributed by atoms with van der Waals surface area (Å²) in [5.41, 5.74) is 0. The molecule has 0 aromatic rings. The van der Waals surface area contributed by atoms with Crippen LogP contribution in [0.15, 0.2) is 109 Å². The number of aliphatic carboxylic acids is 1. The van der Waals surface area contributed by atoms with Crippen molar-refractivity contribution in [2.45, 2.75) is 174 Å². The van der Waals surface area contributed by atoms with Gasteiger partial charge in [-0.1, -0.05) is 155 Å². The Hall–Kier alpha value is -4.01. The van der Waals surface area contributed by atoms with Crippen molar-refractivity contribution >= 4 is 17.9 Å². The molecule has 0 spiro atoms. The fraction of sp³-hybridized carbons (Fsp3) is 0.611. The van der Waals surface area contributed by atoms with Gasteiger partial charge >= 0.3 is 17.9 Å². The van der Waals surface area contributed by atoms with Crippen LogP contribution in [0.5, 0.6) is 0 Å². The normalized spacial score (nSPS) is 13.9. The van der Waals surface area contributed by atoms with Gasteiger partial charge in [0.05, 0.1) is 34.4 Å². The fourth-order valence-corrected chi connectivity index (χ4v) is 6.28. The van der Waals surface area contributed by atoms with Gasteiger partial charge in [0.1, 0.15) is 6.61 Å². The number of quaternary nitrogens is 1. The second kappa shape index (κ2) is 43.6. The van der Waals surface area contributed by atoms with E-state index in [1.807, 2.05) is 21.1 Å². The number of carboxylic acid groups (broad SMARTS) is 1. The van der Waals surface area contributed by atoms with Gasteiger partial charge in [-0.2, -0.15) is 0 Å². The van der Waals surface area contributed by atoms with Crippen LogP contribution in [-0.2, 0) is 28.6 Å². The predicted octanol–water partition coefficient (Wildman–Crippen LogP) is 13.6. The zero-order valence-corrected chi connectivity index (χ0v) is 39.8. The summed E-state index contributed by atoms with van der Waals surface area (Å²) in [7, 11) is 5.50. The van der Waals surface area contributed by atoms with Crippen molar-refractivity contribution in [1.82, 2.24) is 0 Å². The Kier molecular flexibility index (Phi) is 40.8. The van der Waals surface area contributed by atoms with Gasteiger partial charge < -0.3 is 23.8 Å². The molecule has 350 valence electrons. The smallest absolute Gasteiger partial charge is 0.362 e. The molecule has 62 heavy (non-hydrogen) atoms. The Morgan fingerprint density at radius 1 is 0.484 bits per heavy atom. The molecule has 8 nitrogen and oxygen atoms in total. The molecule has 0 saturated carbocycles. The Bertz CT molecular complexity index is 1370. The quantitative estimate of drug-likeness (QED) is 0.0283. The van der Waals surface area contributed by atoms with E-state index in [0.29, 0.717) is 19.3 Å². The summed E-state index contributed by atoms with van der Waals surface area (Å²) >= 11 is 0. The van der Waals surface area contributed by atoms with E-state index in [1.54, 1.807) is 0 Å². The first-order valence-electron chi connectivity index (χ1n) is 23.9. The average molecular weight is 863 g/mol. The number of likely N-dealkylation sites (N-methyl/N-ethyl adjacent to an activating group) is 1. The number of hydrogen-bond acceptors (Lipinski definition) is 6. The van der Waals surface area contributed by atoms with Crippen LogP contribution in [0.4, 0.5) is 0 Å². The van der Waals surface area contributed by atoms with E-state index in [9.17, 15) is 19.5 Å². The monoisotopic (exact) mass is 863 g/mol. The third-order valence-electron chi connectivity index (χ3n) is 9.92. The highest BCUT2D eigenvalue weighted by Crippen LogP contribution is 2.13. The Morgan fingerprint density at radius 3 is 1.27 bits per heavy atom. The maximum absolute atomic E-state index is 12.8. The number of carboxylic acids is 1. The fourth-order valence-electron chi connectivity index (χ4n) is 6.28. The third-order valence-corrected chi connectivity index (χ3v) is 9.92.